The molecule has 4 heteroatoms. The summed E-state index contributed by atoms with van der Waals surface area (Å²) in [6.07, 6.45) is 0. The van der Waals surface area contributed by atoms with Crippen LogP contribution in [0, 0.1) is 0 Å². The van der Waals surface area contributed by atoms with E-state index < -0.39 is 0 Å². The van der Waals surface area contributed by atoms with Gasteiger partial charge in [0.2, 0.25) is 0 Å². The van der Waals surface area contributed by atoms with Crippen LogP contribution < -0.4 is 0 Å². The summed E-state index contributed by atoms with van der Waals surface area (Å²) in [6.45, 7) is 34.8. The van der Waals surface area contributed by atoms with Crippen molar-refractivity contribution >= 4 is 0 Å². The second-order valence-corrected chi connectivity index (χ2v) is 10.1. The third-order valence-corrected chi connectivity index (χ3v) is 6.00. The minimum absolute atomic E-state index is 0.604. The maximum absolute atomic E-state index is 2.70. The molecule has 0 saturated carbocycles. The van der Waals surface area contributed by atoms with Crippen molar-refractivity contribution in [3.05, 3.63) is 0 Å². The van der Waals surface area contributed by atoms with Gasteiger partial charge in [0.25, 0.3) is 0 Å². The average molecular weight is 399 g/mol. The van der Waals surface area contributed by atoms with Gasteiger partial charge in [0.15, 0.2) is 0 Å². The molecule has 0 aromatic rings. The summed E-state index contributed by atoms with van der Waals surface area (Å²) in [4.78, 5) is 10.6. The van der Waals surface area contributed by atoms with E-state index in [4.69, 9.17) is 0 Å². The largest absolute Gasteiger partial charge is 0.300 e. The lowest BCUT2D eigenvalue weighted by atomic mass is 10.2. The maximum Gasteiger partial charge on any atom is 0.0115 e. The number of hydrogen-bond acceptors (Lipinski definition) is 4. The average Bonchev–Trinajstić information content (AvgIpc) is 2.52. The van der Waals surface area contributed by atoms with Gasteiger partial charge in [-0.2, -0.15) is 0 Å². The van der Waals surface area contributed by atoms with Crippen LogP contribution in [0.25, 0.3) is 0 Å². The van der Waals surface area contributed by atoms with Gasteiger partial charge in [-0.3, -0.25) is 19.6 Å². The van der Waals surface area contributed by atoms with E-state index in [-0.39, 0.29) is 0 Å². The van der Waals surface area contributed by atoms with Gasteiger partial charge in [0.05, 0.1) is 0 Å². The minimum atomic E-state index is 0.604. The first-order valence-corrected chi connectivity index (χ1v) is 11.9. The van der Waals surface area contributed by atoms with E-state index in [1.165, 1.54) is 0 Å². The van der Waals surface area contributed by atoms with Gasteiger partial charge in [-0.05, 0) is 83.1 Å². The Bertz CT molecular complexity index is 296. The van der Waals surface area contributed by atoms with Crippen LogP contribution in [0.1, 0.15) is 83.1 Å². The Labute approximate surface area is 178 Å². The molecule has 0 radical (unpaired) electrons. The molecule has 0 aromatic carbocycles. The van der Waals surface area contributed by atoms with Crippen LogP contribution in [0.2, 0.25) is 0 Å². The summed E-state index contributed by atoms with van der Waals surface area (Å²) < 4.78 is 0. The summed E-state index contributed by atoms with van der Waals surface area (Å²) in [5, 5.41) is 0. The monoisotopic (exact) mass is 398 g/mol. The van der Waals surface area contributed by atoms with E-state index in [0.717, 1.165) is 39.3 Å². The molecule has 0 unspecified atom stereocenters. The Kier molecular flexibility index (Phi) is 13.9. The molecular formula is C24H54N4. The fraction of sp³-hybridized carbons (Fsp3) is 1.00. The zero-order valence-electron chi connectivity index (χ0n) is 21.5. The van der Waals surface area contributed by atoms with Gasteiger partial charge >= 0.3 is 0 Å². The van der Waals surface area contributed by atoms with Crippen molar-refractivity contribution in [1.82, 2.24) is 19.6 Å². The maximum atomic E-state index is 2.70. The van der Waals surface area contributed by atoms with Crippen LogP contribution in [0.4, 0.5) is 0 Å². The van der Waals surface area contributed by atoms with Crippen molar-refractivity contribution in [3.63, 3.8) is 0 Å². The second-order valence-electron chi connectivity index (χ2n) is 10.1. The van der Waals surface area contributed by atoms with Gasteiger partial charge in [-0.1, -0.05) is 0 Å². The van der Waals surface area contributed by atoms with Crippen molar-refractivity contribution in [3.8, 4) is 0 Å². The molecule has 0 aliphatic heterocycles. The predicted octanol–water partition coefficient (Wildman–Crippen LogP) is 4.64. The smallest absolute Gasteiger partial charge is 0.0115 e. The van der Waals surface area contributed by atoms with E-state index in [1.807, 2.05) is 0 Å². The molecule has 0 aliphatic rings. The lowest BCUT2D eigenvalue weighted by molar-refractivity contribution is 0.0990. The highest BCUT2D eigenvalue weighted by molar-refractivity contribution is 4.75. The molecule has 0 aromatic heterocycles. The number of hydrogen-bond donors (Lipinski definition) is 0. The number of nitrogens with zero attached hydrogens (tertiary/aromatic N) is 4. The summed E-state index contributed by atoms with van der Waals surface area (Å²) in [7, 11) is 0. The van der Waals surface area contributed by atoms with E-state index in [9.17, 15) is 0 Å². The summed E-state index contributed by atoms with van der Waals surface area (Å²) in [5.41, 5.74) is 0. The highest BCUT2D eigenvalue weighted by atomic mass is 15.3. The fourth-order valence-electron chi connectivity index (χ4n) is 4.44. The zero-order valence-corrected chi connectivity index (χ0v) is 21.5. The first kappa shape index (κ1) is 27.8. The molecule has 0 fully saturated rings. The lowest BCUT2D eigenvalue weighted by Gasteiger charge is -2.37. The van der Waals surface area contributed by atoms with Crippen molar-refractivity contribution in [2.45, 2.75) is 119 Å². The molecule has 0 bridgehead atoms. The standard InChI is InChI=1S/C24H54N4/c1-19(2)26(20(3)4)16-13-25(14-17-27(21(5)6)22(7)8)15-18-28(23(9)10)24(11)12/h19-24H,13-18H2,1-12H3. The molecule has 4 nitrogen and oxygen atoms in total. The molecule has 0 amide bonds. The SMILES string of the molecule is CC(C)N(CCN(CCN(C(C)C)C(C)C)CCN(C(C)C)C(C)C)C(C)C. The molecule has 0 aliphatic carbocycles. The topological polar surface area (TPSA) is 13.0 Å². The van der Waals surface area contributed by atoms with Crippen LogP contribution in [0.3, 0.4) is 0 Å². The summed E-state index contributed by atoms with van der Waals surface area (Å²) >= 11 is 0. The van der Waals surface area contributed by atoms with Gasteiger partial charge < -0.3 is 0 Å². The second kappa shape index (κ2) is 14.0. The Balaban J connectivity index is 5.03. The van der Waals surface area contributed by atoms with Gasteiger partial charge in [0, 0.05) is 75.5 Å². The van der Waals surface area contributed by atoms with Crippen LogP contribution in [0.5, 0.6) is 0 Å². The van der Waals surface area contributed by atoms with Crippen LogP contribution in [-0.4, -0.2) is 95.1 Å². The third kappa shape index (κ3) is 10.6. The Hall–Kier alpha value is -0.160. The Morgan fingerprint density at radius 1 is 0.321 bits per heavy atom. The van der Waals surface area contributed by atoms with Gasteiger partial charge in [0.1, 0.15) is 0 Å². The third-order valence-electron chi connectivity index (χ3n) is 6.00. The number of rotatable bonds is 15. The van der Waals surface area contributed by atoms with Crippen LogP contribution >= 0.6 is 0 Å². The zero-order chi connectivity index (χ0) is 22.0. The normalized spacial score (nSPS) is 13.5. The van der Waals surface area contributed by atoms with Gasteiger partial charge in [-0.25, -0.2) is 0 Å². The molecule has 0 N–H and O–H groups in total. The van der Waals surface area contributed by atoms with E-state index in [2.05, 4.69) is 103 Å². The summed E-state index contributed by atoms with van der Waals surface area (Å²) in [6, 6.07) is 3.63. The first-order valence-electron chi connectivity index (χ1n) is 11.9. The van der Waals surface area contributed by atoms with Gasteiger partial charge in [-0.15, -0.1) is 0 Å². The van der Waals surface area contributed by atoms with Crippen molar-refractivity contribution in [2.75, 3.05) is 39.3 Å². The molecular weight excluding hydrogens is 344 g/mol. The molecule has 28 heavy (non-hydrogen) atoms. The highest BCUT2D eigenvalue weighted by Crippen LogP contribution is 2.09. The summed E-state index contributed by atoms with van der Waals surface area (Å²) in [5.74, 6) is 0. The van der Waals surface area contributed by atoms with Crippen molar-refractivity contribution < 1.29 is 0 Å². The quantitative estimate of drug-likeness (QED) is 0.398. The van der Waals surface area contributed by atoms with Crippen molar-refractivity contribution in [1.29, 1.82) is 0 Å². The van der Waals surface area contributed by atoms with Crippen molar-refractivity contribution in [2.24, 2.45) is 0 Å². The molecule has 0 spiro atoms. The van der Waals surface area contributed by atoms with E-state index in [0.29, 0.717) is 36.3 Å². The first-order chi connectivity index (χ1) is 12.9. The lowest BCUT2D eigenvalue weighted by Crippen LogP contribution is -2.49. The molecule has 0 heterocycles. The highest BCUT2D eigenvalue weighted by Gasteiger charge is 2.20. The van der Waals surface area contributed by atoms with E-state index >= 15 is 0 Å². The predicted molar refractivity (Wildman–Crippen MR) is 127 cm³/mol. The Morgan fingerprint density at radius 3 is 0.643 bits per heavy atom. The van der Waals surface area contributed by atoms with Crippen LogP contribution in [0.15, 0.2) is 0 Å². The molecule has 170 valence electrons. The van der Waals surface area contributed by atoms with E-state index in [1.54, 1.807) is 0 Å². The Morgan fingerprint density at radius 2 is 0.500 bits per heavy atom. The fourth-order valence-corrected chi connectivity index (χ4v) is 4.44. The minimum Gasteiger partial charge on any atom is -0.300 e. The molecule has 0 rings (SSSR count). The molecule has 0 atom stereocenters. The van der Waals surface area contributed by atoms with Crippen LogP contribution in [-0.2, 0) is 0 Å². The molecule has 0 saturated heterocycles.